The number of nitrogens with zero attached hydrogens (tertiary/aromatic N) is 5. The number of fused-ring (bicyclic) bond motifs is 1. The van der Waals surface area contributed by atoms with E-state index in [1.807, 2.05) is 0 Å². The highest BCUT2D eigenvalue weighted by molar-refractivity contribution is 7.91. The Kier molecular flexibility index (Phi) is 4.15. The summed E-state index contributed by atoms with van der Waals surface area (Å²) in [5, 5.41) is 3.15. The summed E-state index contributed by atoms with van der Waals surface area (Å²) in [6.07, 6.45) is -0.908. The fourth-order valence-corrected chi connectivity index (χ4v) is 3.39. The molecule has 0 aliphatic heterocycles. The van der Waals surface area contributed by atoms with Crippen LogP contribution in [-0.4, -0.2) is 38.7 Å². The van der Waals surface area contributed by atoms with Gasteiger partial charge in [0.05, 0.1) is 5.75 Å². The van der Waals surface area contributed by atoms with Gasteiger partial charge in [-0.05, 0) is 6.07 Å². The van der Waals surface area contributed by atoms with Crippen molar-refractivity contribution in [1.82, 2.24) is 24.6 Å². The predicted octanol–water partition coefficient (Wildman–Crippen LogP) is 2.65. The molecule has 7 nitrogen and oxygen atoms in total. The van der Waals surface area contributed by atoms with E-state index < -0.39 is 21.8 Å². The van der Waals surface area contributed by atoms with E-state index in [-0.39, 0.29) is 21.6 Å². The largest absolute Gasteiger partial charge is 0.453 e. The zero-order valence-corrected chi connectivity index (χ0v) is 14.1. The van der Waals surface area contributed by atoms with Crippen LogP contribution in [0, 0.1) is 0 Å². The number of rotatable bonds is 3. The second-order valence-electron chi connectivity index (χ2n) is 4.94. The minimum absolute atomic E-state index is 0.163. The normalized spacial score (nSPS) is 12.7. The molecule has 3 rings (SSSR count). The second kappa shape index (κ2) is 5.92. The second-order valence-corrected chi connectivity index (χ2v) is 7.54. The SMILES string of the molecule is CCS(=O)(=O)c1cc(-c2cnc3nc(C(F)(F)F)nn3c2)cnc1Cl. The molecule has 0 saturated heterocycles. The first-order valence-electron chi connectivity index (χ1n) is 6.80. The Morgan fingerprint density at radius 3 is 2.52 bits per heavy atom. The van der Waals surface area contributed by atoms with E-state index >= 15 is 0 Å². The molecule has 0 atom stereocenters. The van der Waals surface area contributed by atoms with Gasteiger partial charge in [-0.15, -0.1) is 5.10 Å². The van der Waals surface area contributed by atoms with Crippen molar-refractivity contribution in [3.63, 3.8) is 0 Å². The van der Waals surface area contributed by atoms with Crippen molar-refractivity contribution in [2.75, 3.05) is 5.75 Å². The lowest BCUT2D eigenvalue weighted by Crippen LogP contribution is -2.07. The Labute approximate surface area is 144 Å². The molecule has 3 heterocycles. The van der Waals surface area contributed by atoms with E-state index in [0.717, 1.165) is 4.52 Å². The minimum atomic E-state index is -4.70. The maximum absolute atomic E-state index is 12.7. The van der Waals surface area contributed by atoms with Gasteiger partial charge in [0.25, 0.3) is 11.6 Å². The van der Waals surface area contributed by atoms with Crippen LogP contribution in [0.5, 0.6) is 0 Å². The van der Waals surface area contributed by atoms with Gasteiger partial charge in [-0.3, -0.25) is 0 Å². The van der Waals surface area contributed by atoms with Crippen LogP contribution in [0.25, 0.3) is 16.9 Å². The number of aromatic nitrogens is 5. The zero-order chi connectivity index (χ0) is 18.4. The molecule has 0 spiro atoms. The van der Waals surface area contributed by atoms with Gasteiger partial charge in [0.15, 0.2) is 9.84 Å². The van der Waals surface area contributed by atoms with E-state index in [9.17, 15) is 21.6 Å². The molecule has 25 heavy (non-hydrogen) atoms. The van der Waals surface area contributed by atoms with Crippen molar-refractivity contribution in [2.45, 2.75) is 18.0 Å². The third-order valence-electron chi connectivity index (χ3n) is 3.30. The molecule has 0 aliphatic carbocycles. The number of pyridine rings is 1. The monoisotopic (exact) mass is 391 g/mol. The van der Waals surface area contributed by atoms with Gasteiger partial charge in [-0.25, -0.2) is 22.9 Å². The number of halogens is 4. The smallest absolute Gasteiger partial charge is 0.243 e. The van der Waals surface area contributed by atoms with Crippen LogP contribution in [-0.2, 0) is 16.0 Å². The highest BCUT2D eigenvalue weighted by atomic mass is 35.5. The summed E-state index contributed by atoms with van der Waals surface area (Å²) >= 11 is 5.84. The highest BCUT2D eigenvalue weighted by Crippen LogP contribution is 2.28. The van der Waals surface area contributed by atoms with E-state index in [4.69, 9.17) is 11.6 Å². The first-order valence-corrected chi connectivity index (χ1v) is 8.83. The first-order chi connectivity index (χ1) is 11.6. The van der Waals surface area contributed by atoms with Gasteiger partial charge in [-0.2, -0.15) is 18.2 Å². The molecule has 0 radical (unpaired) electrons. The van der Waals surface area contributed by atoms with Crippen LogP contribution < -0.4 is 0 Å². The Hall–Kier alpha value is -2.27. The summed E-state index contributed by atoms with van der Waals surface area (Å²) in [6, 6.07) is 1.29. The van der Waals surface area contributed by atoms with Crippen molar-refractivity contribution in [3.8, 4) is 11.1 Å². The molecule has 132 valence electrons. The summed E-state index contributed by atoms with van der Waals surface area (Å²) in [5.41, 5.74) is 0.623. The van der Waals surface area contributed by atoms with Gasteiger partial charge in [0.1, 0.15) is 10.0 Å². The molecule has 0 saturated carbocycles. The van der Waals surface area contributed by atoms with Crippen molar-refractivity contribution >= 4 is 27.2 Å². The summed E-state index contributed by atoms with van der Waals surface area (Å²) in [5.74, 6) is -1.73. The van der Waals surface area contributed by atoms with Gasteiger partial charge in [-0.1, -0.05) is 18.5 Å². The molecule has 0 aromatic carbocycles. The van der Waals surface area contributed by atoms with E-state index in [1.54, 1.807) is 0 Å². The molecular weight excluding hydrogens is 383 g/mol. The van der Waals surface area contributed by atoms with Crippen molar-refractivity contribution in [3.05, 3.63) is 35.6 Å². The van der Waals surface area contributed by atoms with Crippen molar-refractivity contribution in [2.24, 2.45) is 0 Å². The van der Waals surface area contributed by atoms with E-state index in [2.05, 4.69) is 20.1 Å². The van der Waals surface area contributed by atoms with Crippen LogP contribution in [0.3, 0.4) is 0 Å². The van der Waals surface area contributed by atoms with Gasteiger partial charge < -0.3 is 0 Å². The third kappa shape index (κ3) is 3.29. The molecular formula is C13H9ClF3N5O2S. The molecule has 0 bridgehead atoms. The lowest BCUT2D eigenvalue weighted by Gasteiger charge is -2.07. The minimum Gasteiger partial charge on any atom is -0.243 e. The molecule has 0 unspecified atom stereocenters. The molecule has 0 N–H and O–H groups in total. The lowest BCUT2D eigenvalue weighted by molar-refractivity contribution is -0.144. The van der Waals surface area contributed by atoms with Crippen molar-refractivity contribution < 1.29 is 21.6 Å². The molecule has 12 heteroatoms. The van der Waals surface area contributed by atoms with Crippen molar-refractivity contribution in [1.29, 1.82) is 0 Å². The Morgan fingerprint density at radius 1 is 1.20 bits per heavy atom. The third-order valence-corrected chi connectivity index (χ3v) is 5.46. The van der Waals surface area contributed by atoms with Crippen LogP contribution in [0.15, 0.2) is 29.6 Å². The maximum Gasteiger partial charge on any atom is 0.453 e. The predicted molar refractivity (Wildman–Crippen MR) is 81.8 cm³/mol. The molecule has 0 fully saturated rings. The Morgan fingerprint density at radius 2 is 1.88 bits per heavy atom. The lowest BCUT2D eigenvalue weighted by atomic mass is 10.1. The fourth-order valence-electron chi connectivity index (χ4n) is 2.01. The van der Waals surface area contributed by atoms with Crippen LogP contribution >= 0.6 is 11.6 Å². The summed E-state index contributed by atoms with van der Waals surface area (Å²) in [4.78, 5) is 10.8. The highest BCUT2D eigenvalue weighted by Gasteiger charge is 2.36. The quantitative estimate of drug-likeness (QED) is 0.637. The molecule has 3 aromatic heterocycles. The number of sulfone groups is 1. The zero-order valence-electron chi connectivity index (χ0n) is 12.5. The van der Waals surface area contributed by atoms with Gasteiger partial charge >= 0.3 is 6.18 Å². The van der Waals surface area contributed by atoms with Crippen LogP contribution in [0.4, 0.5) is 13.2 Å². The Bertz CT molecular complexity index is 1070. The van der Waals surface area contributed by atoms with Gasteiger partial charge in [0, 0.05) is 29.7 Å². The first kappa shape index (κ1) is 17.5. The molecule has 0 aliphatic rings. The summed E-state index contributed by atoms with van der Waals surface area (Å²) in [7, 11) is -3.62. The summed E-state index contributed by atoms with van der Waals surface area (Å²) in [6.45, 7) is 1.46. The standard InChI is InChI=1S/C13H9ClF3N5O2S/c1-2-25(23,24)9-3-7(4-18-10(9)14)8-5-19-12-20-11(13(15,16)17)21-22(12)6-8/h3-6H,2H2,1H3. The van der Waals surface area contributed by atoms with E-state index in [1.165, 1.54) is 31.6 Å². The fraction of sp³-hybridized carbons (Fsp3) is 0.231. The number of hydrogen-bond acceptors (Lipinski definition) is 6. The van der Waals surface area contributed by atoms with Gasteiger partial charge in [0.2, 0.25) is 0 Å². The topological polar surface area (TPSA) is 90.1 Å². The Balaban J connectivity index is 2.12. The summed E-state index contributed by atoms with van der Waals surface area (Å²) < 4.78 is 62.9. The maximum atomic E-state index is 12.7. The average molecular weight is 392 g/mol. The van der Waals surface area contributed by atoms with Crippen LogP contribution in [0.2, 0.25) is 5.15 Å². The number of hydrogen-bond donors (Lipinski definition) is 0. The van der Waals surface area contributed by atoms with E-state index in [0.29, 0.717) is 11.1 Å². The number of alkyl halides is 3. The molecule has 0 amide bonds. The average Bonchev–Trinajstić information content (AvgIpc) is 2.98. The van der Waals surface area contributed by atoms with Crippen LogP contribution in [0.1, 0.15) is 12.7 Å². The molecule has 3 aromatic rings.